The molecule has 36 heavy (non-hydrogen) atoms. The average molecular weight is 523 g/mol. The van der Waals surface area contributed by atoms with Crippen molar-refractivity contribution in [3.05, 3.63) is 24.3 Å². The number of hydroxylamine groups is 1. The first-order chi connectivity index (χ1) is 17.3. The summed E-state index contributed by atoms with van der Waals surface area (Å²) in [5.41, 5.74) is 2.48. The Bertz CT molecular complexity index is 1040. The van der Waals surface area contributed by atoms with Crippen molar-refractivity contribution in [1.82, 2.24) is 14.7 Å². The van der Waals surface area contributed by atoms with E-state index in [4.69, 9.17) is 15.9 Å². The molecule has 198 valence electrons. The third-order valence-electron chi connectivity index (χ3n) is 6.66. The number of nitrogens with one attached hydrogen (secondary N) is 1. The maximum Gasteiger partial charge on any atom is 0.410 e. The van der Waals surface area contributed by atoms with Gasteiger partial charge in [0.05, 0.1) is 6.61 Å². The number of unbranched alkanes of at least 4 members (excludes halogenated alkanes) is 1. The number of anilines is 1. The Morgan fingerprint density at radius 2 is 1.75 bits per heavy atom. The van der Waals surface area contributed by atoms with Gasteiger partial charge >= 0.3 is 6.09 Å². The largest absolute Gasteiger partial charge is 0.494 e. The Balaban J connectivity index is 1.65. The van der Waals surface area contributed by atoms with E-state index in [1.807, 2.05) is 24.3 Å². The fourth-order valence-corrected chi connectivity index (χ4v) is 6.59. The molecule has 0 bridgehead atoms. The van der Waals surface area contributed by atoms with Crippen LogP contribution in [-0.4, -0.2) is 92.1 Å². The number of likely N-dealkylation sites (tertiary alicyclic amines) is 1. The summed E-state index contributed by atoms with van der Waals surface area (Å²) in [6.45, 7) is 3.77. The van der Waals surface area contributed by atoms with E-state index in [1.54, 1.807) is 0 Å². The van der Waals surface area contributed by atoms with Crippen LogP contribution in [0.1, 0.15) is 32.6 Å². The van der Waals surface area contributed by atoms with Gasteiger partial charge in [-0.05, 0) is 43.5 Å². The van der Waals surface area contributed by atoms with Crippen molar-refractivity contribution in [3.63, 3.8) is 0 Å². The number of amides is 2. The van der Waals surface area contributed by atoms with E-state index in [0.717, 1.165) is 24.3 Å². The van der Waals surface area contributed by atoms with Crippen LogP contribution in [0.4, 0.5) is 10.5 Å². The summed E-state index contributed by atoms with van der Waals surface area (Å²) in [6.07, 6.45) is 6.13. The molecule has 0 atom stereocenters. The molecule has 0 spiro atoms. The average Bonchev–Trinajstić information content (AvgIpc) is 2.91. The molecule has 0 unspecified atom stereocenters. The van der Waals surface area contributed by atoms with Gasteiger partial charge in [0.2, 0.25) is 10.0 Å². The summed E-state index contributed by atoms with van der Waals surface area (Å²) in [5.74, 6) is 1.99. The number of carbonyl (C=O) groups is 2. The second-order valence-corrected chi connectivity index (χ2v) is 11.0. The van der Waals surface area contributed by atoms with E-state index in [0.29, 0.717) is 19.7 Å². The minimum absolute atomic E-state index is 0.0251. The highest BCUT2D eigenvalue weighted by atomic mass is 32.2. The molecule has 1 aromatic rings. The number of hydrogen-bond acceptors (Lipinski definition) is 8. The third-order valence-corrected chi connectivity index (χ3v) is 9.29. The van der Waals surface area contributed by atoms with Crippen LogP contribution in [0.15, 0.2) is 24.3 Å². The predicted octanol–water partition coefficient (Wildman–Crippen LogP) is 1.43. The van der Waals surface area contributed by atoms with Crippen molar-refractivity contribution in [3.8, 4) is 18.1 Å². The van der Waals surface area contributed by atoms with E-state index in [1.165, 1.54) is 14.7 Å². The van der Waals surface area contributed by atoms with Crippen LogP contribution in [0, 0.1) is 12.3 Å². The summed E-state index contributed by atoms with van der Waals surface area (Å²) in [5, 5.41) is 9.36. The van der Waals surface area contributed by atoms with Crippen LogP contribution < -0.4 is 15.1 Å². The molecule has 12 heteroatoms. The lowest BCUT2D eigenvalue weighted by Gasteiger charge is -2.43. The fourth-order valence-electron chi connectivity index (χ4n) is 4.47. The fraction of sp³-hybridized carbons (Fsp3) is 0.583. The molecule has 0 aromatic heterocycles. The van der Waals surface area contributed by atoms with E-state index >= 15 is 0 Å². The number of ether oxygens (including phenoxy) is 2. The number of piperidine rings is 1. The van der Waals surface area contributed by atoms with Crippen LogP contribution >= 0.6 is 0 Å². The molecule has 0 aliphatic carbocycles. The SMILES string of the molecule is C#CCOC(=O)N1CCC(C(=O)NO)(S(=O)(=O)N2CCN(c3ccc(OCCCC)cc3)CC2)CC1. The topological polar surface area (TPSA) is 129 Å². The Morgan fingerprint density at radius 1 is 1.11 bits per heavy atom. The summed E-state index contributed by atoms with van der Waals surface area (Å²) in [7, 11) is -4.15. The van der Waals surface area contributed by atoms with Crippen LogP contribution in [0.2, 0.25) is 0 Å². The second kappa shape index (κ2) is 12.3. The molecule has 2 aliphatic rings. The Morgan fingerprint density at radius 3 is 2.31 bits per heavy atom. The van der Waals surface area contributed by atoms with Crippen molar-refractivity contribution < 1.29 is 32.7 Å². The van der Waals surface area contributed by atoms with Gasteiger partial charge in [0.1, 0.15) is 5.75 Å². The van der Waals surface area contributed by atoms with Gasteiger partial charge in [-0.25, -0.2) is 18.7 Å². The first kappa shape index (κ1) is 27.6. The minimum atomic E-state index is -4.15. The Kier molecular flexibility index (Phi) is 9.42. The van der Waals surface area contributed by atoms with E-state index in [2.05, 4.69) is 17.7 Å². The molecule has 0 saturated carbocycles. The van der Waals surface area contributed by atoms with Gasteiger partial charge in [-0.1, -0.05) is 19.3 Å². The maximum atomic E-state index is 13.7. The number of terminal acetylenes is 1. The van der Waals surface area contributed by atoms with Crippen molar-refractivity contribution in [2.75, 3.05) is 57.4 Å². The molecule has 2 amide bonds. The lowest BCUT2D eigenvalue weighted by atomic mass is 9.95. The van der Waals surface area contributed by atoms with Gasteiger partial charge in [0, 0.05) is 45.0 Å². The second-order valence-electron chi connectivity index (χ2n) is 8.77. The standard InChI is InChI=1S/C24H34N4O7S/c1-3-5-19-34-21-8-6-20(7-9-21)26-14-16-28(17-15-26)36(32,33)24(22(29)25-31)10-12-27(13-11-24)23(30)35-18-4-2/h2,6-9,31H,3,5,10-19H2,1H3,(H,25,29). The summed E-state index contributed by atoms with van der Waals surface area (Å²) >= 11 is 0. The summed E-state index contributed by atoms with van der Waals surface area (Å²) in [4.78, 5) is 28.2. The van der Waals surface area contributed by atoms with Gasteiger partial charge in [0.25, 0.3) is 5.91 Å². The van der Waals surface area contributed by atoms with Gasteiger partial charge in [-0.3, -0.25) is 10.0 Å². The van der Waals surface area contributed by atoms with Crippen molar-refractivity contribution in [2.24, 2.45) is 0 Å². The molecular weight excluding hydrogens is 488 g/mol. The number of benzene rings is 1. The smallest absolute Gasteiger partial charge is 0.410 e. The quantitative estimate of drug-likeness (QED) is 0.216. The molecule has 2 aliphatic heterocycles. The highest BCUT2D eigenvalue weighted by molar-refractivity contribution is 7.91. The third kappa shape index (κ3) is 5.86. The lowest BCUT2D eigenvalue weighted by molar-refractivity contribution is -0.133. The van der Waals surface area contributed by atoms with E-state index < -0.39 is 26.8 Å². The number of rotatable bonds is 9. The molecule has 3 rings (SSSR count). The molecule has 2 saturated heterocycles. The monoisotopic (exact) mass is 522 g/mol. The van der Waals surface area contributed by atoms with Gasteiger partial charge in [-0.2, -0.15) is 4.31 Å². The van der Waals surface area contributed by atoms with E-state index in [9.17, 15) is 23.2 Å². The highest BCUT2D eigenvalue weighted by Gasteiger charge is 2.55. The normalized spacial score (nSPS) is 18.2. The molecule has 2 N–H and O–H groups in total. The molecule has 11 nitrogen and oxygen atoms in total. The zero-order chi connectivity index (χ0) is 26.2. The molecule has 2 fully saturated rings. The maximum absolute atomic E-state index is 13.7. The number of sulfonamides is 1. The zero-order valence-corrected chi connectivity index (χ0v) is 21.3. The summed E-state index contributed by atoms with van der Waals surface area (Å²) in [6, 6.07) is 7.69. The first-order valence-electron chi connectivity index (χ1n) is 12.1. The van der Waals surface area contributed by atoms with Crippen LogP contribution in [0.25, 0.3) is 0 Å². The Hall–Kier alpha value is -3.01. The molecular formula is C24H34N4O7S. The molecule has 1 aromatic carbocycles. The number of nitrogens with zero attached hydrogens (tertiary/aromatic N) is 3. The van der Waals surface area contributed by atoms with Gasteiger partial charge in [0.15, 0.2) is 11.4 Å². The number of hydrogen-bond donors (Lipinski definition) is 2. The van der Waals surface area contributed by atoms with Gasteiger partial charge in [-0.15, -0.1) is 6.42 Å². The molecule has 0 radical (unpaired) electrons. The molecule has 2 heterocycles. The number of carbonyl (C=O) groups excluding carboxylic acids is 2. The summed E-state index contributed by atoms with van der Waals surface area (Å²) < 4.78 is 37.4. The zero-order valence-electron chi connectivity index (χ0n) is 20.5. The lowest BCUT2D eigenvalue weighted by Crippen LogP contribution is -2.64. The van der Waals surface area contributed by atoms with E-state index in [-0.39, 0.29) is 45.6 Å². The van der Waals surface area contributed by atoms with Crippen LogP contribution in [-0.2, 0) is 19.6 Å². The number of piperazine rings is 1. The van der Waals surface area contributed by atoms with Crippen LogP contribution in [0.5, 0.6) is 5.75 Å². The minimum Gasteiger partial charge on any atom is -0.494 e. The van der Waals surface area contributed by atoms with Gasteiger partial charge < -0.3 is 19.3 Å². The highest BCUT2D eigenvalue weighted by Crippen LogP contribution is 2.35. The Labute approximate surface area is 212 Å². The van der Waals surface area contributed by atoms with Crippen molar-refractivity contribution >= 4 is 27.7 Å². The van der Waals surface area contributed by atoms with Crippen LogP contribution in [0.3, 0.4) is 0 Å². The first-order valence-corrected chi connectivity index (χ1v) is 13.5. The van der Waals surface area contributed by atoms with Crippen molar-refractivity contribution in [1.29, 1.82) is 0 Å². The van der Waals surface area contributed by atoms with Crippen molar-refractivity contribution in [2.45, 2.75) is 37.4 Å². The predicted molar refractivity (Wildman–Crippen MR) is 133 cm³/mol.